The Morgan fingerprint density at radius 3 is 2.90 bits per heavy atom. The number of aromatic nitrogens is 2. The molecule has 0 amide bonds. The lowest BCUT2D eigenvalue weighted by molar-refractivity contribution is 0.109. The van der Waals surface area contributed by atoms with E-state index in [1.807, 2.05) is 0 Å². The largest absolute Gasteiger partial charge is 0.313 e. The summed E-state index contributed by atoms with van der Waals surface area (Å²) in [5.74, 6) is 0. The molecule has 1 saturated heterocycles. The molecule has 4 nitrogen and oxygen atoms in total. The molecule has 2 rings (SSSR count). The summed E-state index contributed by atoms with van der Waals surface area (Å²) in [4.78, 5) is 2.65. The molecular weight excluding hydrogens is 248 g/mol. The fourth-order valence-corrected chi connectivity index (χ4v) is 3.45. The molecule has 1 N–H and O–H groups in total. The summed E-state index contributed by atoms with van der Waals surface area (Å²) in [6, 6.07) is 3.47. The molecule has 1 aromatic rings. The van der Waals surface area contributed by atoms with Crippen molar-refractivity contribution in [2.24, 2.45) is 0 Å². The van der Waals surface area contributed by atoms with Gasteiger partial charge in [0.25, 0.3) is 0 Å². The van der Waals surface area contributed by atoms with E-state index in [9.17, 15) is 0 Å². The van der Waals surface area contributed by atoms with Gasteiger partial charge in [-0.2, -0.15) is 5.10 Å². The molecule has 0 saturated carbocycles. The quantitative estimate of drug-likeness (QED) is 0.868. The second-order valence-corrected chi connectivity index (χ2v) is 5.97. The molecule has 4 heteroatoms. The van der Waals surface area contributed by atoms with Crippen molar-refractivity contribution in [3.05, 3.63) is 17.5 Å². The minimum atomic E-state index is 0.569. The third kappa shape index (κ3) is 3.61. The molecular formula is C16H30N4. The van der Waals surface area contributed by atoms with Crippen molar-refractivity contribution in [3.8, 4) is 0 Å². The number of nitrogens with zero attached hydrogens (tertiary/aromatic N) is 3. The zero-order chi connectivity index (χ0) is 14.5. The maximum absolute atomic E-state index is 4.58. The number of aryl methyl sites for hydroxylation is 2. The van der Waals surface area contributed by atoms with Gasteiger partial charge in [-0.25, -0.2) is 0 Å². The van der Waals surface area contributed by atoms with Gasteiger partial charge < -0.3 is 5.32 Å². The predicted octanol–water partition coefficient (Wildman–Crippen LogP) is 2.56. The third-order valence-corrected chi connectivity index (χ3v) is 4.42. The van der Waals surface area contributed by atoms with Gasteiger partial charge in [-0.15, -0.1) is 0 Å². The van der Waals surface area contributed by atoms with Crippen molar-refractivity contribution in [2.75, 3.05) is 13.1 Å². The molecule has 1 aliphatic heterocycles. The van der Waals surface area contributed by atoms with Crippen LogP contribution in [0.25, 0.3) is 0 Å². The molecule has 0 aliphatic carbocycles. The van der Waals surface area contributed by atoms with Crippen LogP contribution in [0.3, 0.4) is 0 Å². The summed E-state index contributed by atoms with van der Waals surface area (Å²) in [5.41, 5.74) is 2.50. The normalized spacial score (nSPS) is 22.1. The van der Waals surface area contributed by atoms with Crippen LogP contribution in [0.5, 0.6) is 0 Å². The zero-order valence-corrected chi connectivity index (χ0v) is 13.5. The Balaban J connectivity index is 2.08. The van der Waals surface area contributed by atoms with E-state index in [1.54, 1.807) is 0 Å². The predicted molar refractivity (Wildman–Crippen MR) is 83.8 cm³/mol. The number of hydrogen-bond donors (Lipinski definition) is 1. The van der Waals surface area contributed by atoms with Crippen LogP contribution in [-0.2, 0) is 13.1 Å². The fraction of sp³-hybridized carbons (Fsp3) is 0.812. The first-order valence-electron chi connectivity index (χ1n) is 8.16. The second kappa shape index (κ2) is 7.23. The Bertz CT molecular complexity index is 413. The molecule has 1 aromatic heterocycles. The molecule has 1 aliphatic rings. The summed E-state index contributed by atoms with van der Waals surface area (Å²) in [6.45, 7) is 13.1. The van der Waals surface area contributed by atoms with Gasteiger partial charge in [0, 0.05) is 25.2 Å². The van der Waals surface area contributed by atoms with Crippen LogP contribution in [0.4, 0.5) is 0 Å². The Kier molecular flexibility index (Phi) is 5.61. The lowest BCUT2D eigenvalue weighted by Gasteiger charge is -2.39. The molecule has 0 spiro atoms. The van der Waals surface area contributed by atoms with E-state index in [2.05, 4.69) is 53.8 Å². The van der Waals surface area contributed by atoms with E-state index in [4.69, 9.17) is 0 Å². The molecule has 2 heterocycles. The van der Waals surface area contributed by atoms with Crippen LogP contribution in [-0.4, -0.2) is 39.9 Å². The smallest absolute Gasteiger partial charge is 0.0597 e. The third-order valence-electron chi connectivity index (χ3n) is 4.42. The van der Waals surface area contributed by atoms with Gasteiger partial charge in [-0.05, 0) is 52.8 Å². The zero-order valence-electron chi connectivity index (χ0n) is 13.5. The van der Waals surface area contributed by atoms with E-state index >= 15 is 0 Å². The van der Waals surface area contributed by atoms with Crippen LogP contribution >= 0.6 is 0 Å². The highest BCUT2D eigenvalue weighted by Crippen LogP contribution is 2.22. The second-order valence-electron chi connectivity index (χ2n) is 5.97. The summed E-state index contributed by atoms with van der Waals surface area (Å²) >= 11 is 0. The Morgan fingerprint density at radius 2 is 2.20 bits per heavy atom. The van der Waals surface area contributed by atoms with Gasteiger partial charge in [0.1, 0.15) is 0 Å². The maximum atomic E-state index is 4.58. The van der Waals surface area contributed by atoms with Crippen molar-refractivity contribution in [2.45, 2.75) is 72.1 Å². The number of nitrogens with one attached hydrogen (secondary N) is 1. The molecule has 1 fully saturated rings. The maximum Gasteiger partial charge on any atom is 0.0597 e. The van der Waals surface area contributed by atoms with Gasteiger partial charge in [-0.3, -0.25) is 9.58 Å². The van der Waals surface area contributed by atoms with E-state index < -0.39 is 0 Å². The summed E-state index contributed by atoms with van der Waals surface area (Å²) < 4.78 is 2.15. The van der Waals surface area contributed by atoms with Gasteiger partial charge in [0.15, 0.2) is 0 Å². The molecule has 2 atom stereocenters. The van der Waals surface area contributed by atoms with E-state index in [0.29, 0.717) is 12.1 Å². The van der Waals surface area contributed by atoms with Gasteiger partial charge in [0.05, 0.1) is 11.4 Å². The average Bonchev–Trinajstić information content (AvgIpc) is 2.79. The molecule has 0 radical (unpaired) electrons. The standard InChI is InChI=1S/C16H30N4/c1-5-17-14(4)16-9-7-8-10-19(16)12-15-11-13(3)18-20(15)6-2/h11,14,16-17H,5-10,12H2,1-4H3. The van der Waals surface area contributed by atoms with E-state index in [-0.39, 0.29) is 0 Å². The van der Waals surface area contributed by atoms with Gasteiger partial charge >= 0.3 is 0 Å². The molecule has 2 unspecified atom stereocenters. The number of likely N-dealkylation sites (N-methyl/N-ethyl adjacent to an activating group) is 1. The molecule has 114 valence electrons. The van der Waals surface area contributed by atoms with Gasteiger partial charge in [0.2, 0.25) is 0 Å². The van der Waals surface area contributed by atoms with Crippen LogP contribution in [0, 0.1) is 6.92 Å². The number of piperidine rings is 1. The Hall–Kier alpha value is -0.870. The van der Waals surface area contributed by atoms with Gasteiger partial charge in [-0.1, -0.05) is 13.3 Å². The Morgan fingerprint density at radius 1 is 1.40 bits per heavy atom. The Labute approximate surface area is 123 Å². The first-order chi connectivity index (χ1) is 9.65. The monoisotopic (exact) mass is 278 g/mol. The highest BCUT2D eigenvalue weighted by atomic mass is 15.3. The molecule has 0 aromatic carbocycles. The lowest BCUT2D eigenvalue weighted by atomic mass is 9.96. The minimum absolute atomic E-state index is 0.569. The van der Waals surface area contributed by atoms with E-state index in [1.165, 1.54) is 31.5 Å². The highest BCUT2D eigenvalue weighted by molar-refractivity contribution is 5.09. The van der Waals surface area contributed by atoms with Crippen molar-refractivity contribution in [1.29, 1.82) is 0 Å². The molecule has 20 heavy (non-hydrogen) atoms. The summed E-state index contributed by atoms with van der Waals surface area (Å²) in [6.07, 6.45) is 4.00. The van der Waals surface area contributed by atoms with Crippen LogP contribution in [0.1, 0.15) is 51.4 Å². The molecule has 0 bridgehead atoms. The van der Waals surface area contributed by atoms with Crippen LogP contribution < -0.4 is 5.32 Å². The highest BCUT2D eigenvalue weighted by Gasteiger charge is 2.27. The first-order valence-corrected chi connectivity index (χ1v) is 8.16. The van der Waals surface area contributed by atoms with Crippen molar-refractivity contribution < 1.29 is 0 Å². The fourth-order valence-electron chi connectivity index (χ4n) is 3.45. The summed E-state index contributed by atoms with van der Waals surface area (Å²) in [7, 11) is 0. The number of hydrogen-bond acceptors (Lipinski definition) is 3. The first kappa shape index (κ1) is 15.5. The van der Waals surface area contributed by atoms with E-state index in [0.717, 1.165) is 25.3 Å². The number of likely N-dealkylation sites (tertiary alicyclic amines) is 1. The average molecular weight is 278 g/mol. The minimum Gasteiger partial charge on any atom is -0.313 e. The van der Waals surface area contributed by atoms with Crippen molar-refractivity contribution >= 4 is 0 Å². The number of rotatable bonds is 6. The topological polar surface area (TPSA) is 33.1 Å². The van der Waals surface area contributed by atoms with Crippen LogP contribution in [0.2, 0.25) is 0 Å². The SMILES string of the molecule is CCNC(C)C1CCCCN1Cc1cc(C)nn1CC. The van der Waals surface area contributed by atoms with Crippen LogP contribution in [0.15, 0.2) is 6.07 Å². The summed E-state index contributed by atoms with van der Waals surface area (Å²) in [5, 5.41) is 8.18. The van der Waals surface area contributed by atoms with Crippen molar-refractivity contribution in [3.63, 3.8) is 0 Å². The lowest BCUT2D eigenvalue weighted by Crippen LogP contribution is -2.50. The van der Waals surface area contributed by atoms with Crippen molar-refractivity contribution in [1.82, 2.24) is 20.0 Å².